The number of benzene rings is 1. The van der Waals surface area contributed by atoms with E-state index in [0.29, 0.717) is 11.5 Å². The van der Waals surface area contributed by atoms with Crippen LogP contribution in [0.4, 0.5) is 5.82 Å². The fourth-order valence-corrected chi connectivity index (χ4v) is 1.55. The van der Waals surface area contributed by atoms with Gasteiger partial charge in [0.1, 0.15) is 11.4 Å². The Bertz CT molecular complexity index is 693. The van der Waals surface area contributed by atoms with Crippen LogP contribution in [-0.4, -0.2) is 28.0 Å². The van der Waals surface area contributed by atoms with Gasteiger partial charge in [-0.25, -0.2) is 9.89 Å². The molecule has 0 spiro atoms. The highest BCUT2D eigenvalue weighted by Gasteiger charge is 2.03. The van der Waals surface area contributed by atoms with Gasteiger partial charge in [0.15, 0.2) is 5.82 Å². The van der Waals surface area contributed by atoms with Gasteiger partial charge in [0.05, 0.1) is 12.8 Å². The Morgan fingerprint density at radius 1 is 1.45 bits per heavy atom. The quantitative estimate of drug-likeness (QED) is 0.647. The molecular formula is C13H15N5O2. The van der Waals surface area contributed by atoms with E-state index < -0.39 is 5.69 Å². The summed E-state index contributed by atoms with van der Waals surface area (Å²) in [5, 5.41) is 10.3. The van der Waals surface area contributed by atoms with Crippen LogP contribution in [0.3, 0.4) is 0 Å². The third kappa shape index (κ3) is 3.19. The maximum absolute atomic E-state index is 11.1. The summed E-state index contributed by atoms with van der Waals surface area (Å²) in [6.45, 7) is 3.57. The first-order valence-corrected chi connectivity index (χ1v) is 5.98. The van der Waals surface area contributed by atoms with Crippen molar-refractivity contribution >= 4 is 11.5 Å². The molecule has 1 aromatic carbocycles. The summed E-state index contributed by atoms with van der Waals surface area (Å²) in [5.74, 6) is 1.08. The van der Waals surface area contributed by atoms with Crippen molar-refractivity contribution in [2.45, 2.75) is 13.8 Å². The van der Waals surface area contributed by atoms with Crippen LogP contribution in [0.1, 0.15) is 18.2 Å². The number of hydrogen-bond donors (Lipinski definition) is 2. The zero-order valence-electron chi connectivity index (χ0n) is 11.5. The number of H-pyrrole nitrogens is 1. The van der Waals surface area contributed by atoms with E-state index in [-0.39, 0.29) is 0 Å². The van der Waals surface area contributed by atoms with E-state index in [1.807, 2.05) is 31.2 Å². The van der Waals surface area contributed by atoms with Crippen molar-refractivity contribution in [2.75, 3.05) is 12.5 Å². The molecule has 0 aliphatic heterocycles. The highest BCUT2D eigenvalue weighted by Crippen LogP contribution is 2.13. The van der Waals surface area contributed by atoms with Crippen molar-refractivity contribution < 1.29 is 4.74 Å². The molecule has 1 aromatic heterocycles. The lowest BCUT2D eigenvalue weighted by Crippen LogP contribution is -2.16. The highest BCUT2D eigenvalue weighted by molar-refractivity contribution is 5.99. The van der Waals surface area contributed by atoms with Crippen LogP contribution in [0.15, 0.2) is 34.2 Å². The van der Waals surface area contributed by atoms with Crippen molar-refractivity contribution in [1.29, 1.82) is 0 Å². The molecule has 0 fully saturated rings. The van der Waals surface area contributed by atoms with Gasteiger partial charge in [0.2, 0.25) is 0 Å². The smallest absolute Gasteiger partial charge is 0.363 e. The first-order valence-electron chi connectivity index (χ1n) is 5.98. The van der Waals surface area contributed by atoms with Gasteiger partial charge in [-0.1, -0.05) is 12.1 Å². The van der Waals surface area contributed by atoms with Crippen LogP contribution in [0.25, 0.3) is 0 Å². The van der Waals surface area contributed by atoms with Gasteiger partial charge in [0, 0.05) is 5.56 Å². The van der Waals surface area contributed by atoms with Gasteiger partial charge in [-0.2, -0.15) is 15.2 Å². The molecule has 0 amide bonds. The standard InChI is InChI=1S/C13H15N5O2/c1-8(10-5-4-6-11(7-10)20-3)15-17-12-9(2)16-18-13(19)14-12/h4-7H,1-3H3,(H2,14,17,18,19)/b15-8-. The average molecular weight is 273 g/mol. The van der Waals surface area contributed by atoms with E-state index in [4.69, 9.17) is 4.74 Å². The Morgan fingerprint density at radius 2 is 2.25 bits per heavy atom. The number of aromatic amines is 1. The van der Waals surface area contributed by atoms with Crippen LogP contribution >= 0.6 is 0 Å². The number of methoxy groups -OCH3 is 1. The summed E-state index contributed by atoms with van der Waals surface area (Å²) >= 11 is 0. The minimum absolute atomic E-state index is 0.330. The van der Waals surface area contributed by atoms with Gasteiger partial charge in [0.25, 0.3) is 0 Å². The van der Waals surface area contributed by atoms with Crippen molar-refractivity contribution in [1.82, 2.24) is 15.2 Å². The summed E-state index contributed by atoms with van der Waals surface area (Å²) in [7, 11) is 1.61. The zero-order chi connectivity index (χ0) is 14.5. The average Bonchev–Trinajstić information content (AvgIpc) is 2.48. The molecule has 0 aliphatic carbocycles. The fraction of sp³-hybridized carbons (Fsp3) is 0.231. The molecule has 7 heteroatoms. The molecule has 7 nitrogen and oxygen atoms in total. The Labute approximate surface area is 115 Å². The van der Waals surface area contributed by atoms with Crippen molar-refractivity contribution in [3.63, 3.8) is 0 Å². The van der Waals surface area contributed by atoms with E-state index >= 15 is 0 Å². The second kappa shape index (κ2) is 5.96. The molecule has 2 aromatic rings. The van der Waals surface area contributed by atoms with E-state index in [1.165, 1.54) is 0 Å². The monoisotopic (exact) mass is 273 g/mol. The molecule has 0 atom stereocenters. The van der Waals surface area contributed by atoms with Gasteiger partial charge in [-0.15, -0.1) is 0 Å². The van der Waals surface area contributed by atoms with Crippen LogP contribution < -0.4 is 15.9 Å². The van der Waals surface area contributed by atoms with Crippen LogP contribution in [0, 0.1) is 6.92 Å². The van der Waals surface area contributed by atoms with Gasteiger partial charge in [-0.3, -0.25) is 5.43 Å². The molecule has 0 aliphatic rings. The number of anilines is 1. The summed E-state index contributed by atoms with van der Waals surface area (Å²) in [6, 6.07) is 7.53. The van der Waals surface area contributed by atoms with Gasteiger partial charge < -0.3 is 4.74 Å². The van der Waals surface area contributed by atoms with Crippen molar-refractivity contribution in [3.05, 3.63) is 46.0 Å². The van der Waals surface area contributed by atoms with Crippen LogP contribution in [0.5, 0.6) is 5.75 Å². The third-order valence-corrected chi connectivity index (χ3v) is 2.69. The predicted molar refractivity (Wildman–Crippen MR) is 76.2 cm³/mol. The Morgan fingerprint density at radius 3 is 3.00 bits per heavy atom. The number of nitrogens with zero attached hydrogens (tertiary/aromatic N) is 3. The van der Waals surface area contributed by atoms with Crippen LogP contribution in [0.2, 0.25) is 0 Å². The number of hydrazone groups is 1. The molecule has 2 N–H and O–H groups in total. The molecule has 0 saturated heterocycles. The number of aryl methyl sites for hydroxylation is 1. The van der Waals surface area contributed by atoms with Crippen LogP contribution in [-0.2, 0) is 0 Å². The van der Waals surface area contributed by atoms with E-state index in [1.54, 1.807) is 14.0 Å². The minimum atomic E-state index is -0.521. The number of aromatic nitrogens is 3. The number of nitrogens with one attached hydrogen (secondary N) is 2. The zero-order valence-corrected chi connectivity index (χ0v) is 11.5. The first kappa shape index (κ1) is 13.7. The molecule has 0 bridgehead atoms. The fourth-order valence-electron chi connectivity index (χ4n) is 1.55. The molecular weight excluding hydrogens is 258 g/mol. The Hall–Kier alpha value is -2.70. The maximum Gasteiger partial charge on any atom is 0.363 e. The largest absolute Gasteiger partial charge is 0.497 e. The van der Waals surface area contributed by atoms with E-state index in [0.717, 1.165) is 17.0 Å². The number of hydrogen-bond acceptors (Lipinski definition) is 6. The topological polar surface area (TPSA) is 92.3 Å². The van der Waals surface area contributed by atoms with E-state index in [2.05, 4.69) is 25.7 Å². The normalized spacial score (nSPS) is 11.2. The molecule has 20 heavy (non-hydrogen) atoms. The summed E-state index contributed by atoms with van der Waals surface area (Å²) < 4.78 is 5.16. The second-order valence-corrected chi connectivity index (χ2v) is 4.12. The third-order valence-electron chi connectivity index (χ3n) is 2.69. The summed E-state index contributed by atoms with van der Waals surface area (Å²) in [6.07, 6.45) is 0. The minimum Gasteiger partial charge on any atom is -0.497 e. The number of ether oxygens (including phenoxy) is 1. The maximum atomic E-state index is 11.1. The predicted octanol–water partition coefficient (Wildman–Crippen LogP) is 1.32. The van der Waals surface area contributed by atoms with Crippen molar-refractivity contribution in [2.24, 2.45) is 5.10 Å². The van der Waals surface area contributed by atoms with Crippen molar-refractivity contribution in [3.8, 4) is 5.75 Å². The Kier molecular flexibility index (Phi) is 4.09. The van der Waals surface area contributed by atoms with E-state index in [9.17, 15) is 4.79 Å². The molecule has 0 saturated carbocycles. The lowest BCUT2D eigenvalue weighted by atomic mass is 10.1. The Balaban J connectivity index is 2.22. The van der Waals surface area contributed by atoms with Gasteiger partial charge in [-0.05, 0) is 26.0 Å². The van der Waals surface area contributed by atoms with Gasteiger partial charge >= 0.3 is 5.69 Å². The summed E-state index contributed by atoms with van der Waals surface area (Å²) in [5.41, 5.74) is 4.43. The SMILES string of the molecule is COc1cccc(/C(C)=N\Nc2nc(=O)[nH]nc2C)c1. The molecule has 0 radical (unpaired) electrons. The number of rotatable bonds is 4. The first-order chi connectivity index (χ1) is 9.60. The lowest BCUT2D eigenvalue weighted by molar-refractivity contribution is 0.414. The second-order valence-electron chi connectivity index (χ2n) is 4.12. The summed E-state index contributed by atoms with van der Waals surface area (Å²) in [4.78, 5) is 14.9. The highest BCUT2D eigenvalue weighted by atomic mass is 16.5. The molecule has 0 unspecified atom stereocenters. The molecule has 2 rings (SSSR count). The molecule has 104 valence electrons. The lowest BCUT2D eigenvalue weighted by Gasteiger charge is -2.05. The molecule has 1 heterocycles.